The van der Waals surface area contributed by atoms with Gasteiger partial charge in [0.15, 0.2) is 0 Å². The van der Waals surface area contributed by atoms with Crippen LogP contribution in [0.4, 0.5) is 23.7 Å². The number of halogens is 3. The molecule has 0 bridgehead atoms. The van der Waals surface area contributed by atoms with Gasteiger partial charge in [-0.2, -0.15) is 13.2 Å². The number of rotatable bonds is 11. The molecule has 1 fully saturated rings. The van der Waals surface area contributed by atoms with Gasteiger partial charge in [0.25, 0.3) is 0 Å². The van der Waals surface area contributed by atoms with Crippen molar-refractivity contribution in [1.82, 2.24) is 4.90 Å². The van der Waals surface area contributed by atoms with Crippen molar-refractivity contribution < 1.29 is 37.0 Å². The largest absolute Gasteiger partial charge is 0.491 e. The number of amides is 1. The van der Waals surface area contributed by atoms with Gasteiger partial charge >= 0.3 is 12.3 Å². The Balaban J connectivity index is 0. The summed E-state index contributed by atoms with van der Waals surface area (Å²) in [7, 11) is 0. The Hall–Kier alpha value is -3.56. The summed E-state index contributed by atoms with van der Waals surface area (Å²) in [4.78, 5) is 29.4. The minimum atomic E-state index is -4.17. The summed E-state index contributed by atoms with van der Waals surface area (Å²) in [6.07, 6.45) is 6.56. The number of hydrogen-bond acceptors (Lipinski definition) is 6. The third-order valence-electron chi connectivity index (χ3n) is 6.18. The zero-order chi connectivity index (χ0) is 35.1. The second kappa shape index (κ2) is 23.8. The predicted octanol–water partition coefficient (Wildman–Crippen LogP) is 9.24. The Bertz CT molecular complexity index is 1000. The molecule has 0 aliphatic heterocycles. The van der Waals surface area contributed by atoms with Gasteiger partial charge in [-0.3, -0.25) is 0 Å². The molecule has 0 heterocycles. The maximum Gasteiger partial charge on any atom is 0.410 e. The number of anilines is 1. The molecule has 1 aromatic rings. The summed E-state index contributed by atoms with van der Waals surface area (Å²) in [5.41, 5.74) is 1.85. The molecule has 1 aliphatic rings. The van der Waals surface area contributed by atoms with Crippen LogP contribution in [0.1, 0.15) is 92.6 Å². The van der Waals surface area contributed by atoms with Crippen LogP contribution in [-0.2, 0) is 25.5 Å². The molecule has 2 rings (SSSR count). The monoisotopic (exact) mass is 640 g/mol. The van der Waals surface area contributed by atoms with Crippen molar-refractivity contribution in [3.63, 3.8) is 0 Å². The Labute approximate surface area is 268 Å². The Morgan fingerprint density at radius 1 is 0.978 bits per heavy atom. The number of nitrogens with zero attached hydrogens (tertiary/aromatic N) is 1. The van der Waals surface area contributed by atoms with E-state index in [0.717, 1.165) is 62.9 Å². The minimum absolute atomic E-state index is 0.166. The maximum atomic E-state index is 12.4. The third kappa shape index (κ3) is 22.6. The van der Waals surface area contributed by atoms with Crippen molar-refractivity contribution in [3.05, 3.63) is 66.0 Å². The van der Waals surface area contributed by atoms with Gasteiger partial charge in [0, 0.05) is 24.8 Å². The predicted molar refractivity (Wildman–Crippen MR) is 177 cm³/mol. The van der Waals surface area contributed by atoms with Crippen molar-refractivity contribution in [2.75, 3.05) is 18.4 Å². The number of benzene rings is 1. The highest BCUT2D eigenvalue weighted by Gasteiger charge is 2.27. The number of nitrogens with one attached hydrogen (secondary N) is 1. The molecule has 0 spiro atoms. The van der Waals surface area contributed by atoms with Crippen LogP contribution in [0.15, 0.2) is 60.4 Å². The highest BCUT2D eigenvalue weighted by molar-refractivity contribution is 5.68. The van der Waals surface area contributed by atoms with E-state index in [0.29, 0.717) is 11.8 Å². The van der Waals surface area contributed by atoms with E-state index in [1.807, 2.05) is 66.4 Å². The van der Waals surface area contributed by atoms with Gasteiger partial charge in [0.05, 0.1) is 12.5 Å². The molecule has 1 aliphatic carbocycles. The van der Waals surface area contributed by atoms with Gasteiger partial charge in [-0.15, -0.1) is 0 Å². The lowest BCUT2D eigenvalue weighted by Gasteiger charge is -2.30. The van der Waals surface area contributed by atoms with Crippen LogP contribution in [0.2, 0.25) is 0 Å². The van der Waals surface area contributed by atoms with Gasteiger partial charge in [-0.1, -0.05) is 44.7 Å². The van der Waals surface area contributed by atoms with Crippen molar-refractivity contribution in [2.24, 2.45) is 0 Å². The molecule has 10 heteroatoms. The van der Waals surface area contributed by atoms with Gasteiger partial charge < -0.3 is 29.3 Å². The number of allylic oxidation sites excluding steroid dienone is 4. The molecule has 45 heavy (non-hydrogen) atoms. The molecule has 1 saturated carbocycles. The molecule has 1 N–H and O–H groups in total. The fraction of sp³-hybridized carbons (Fsp3) is 0.571. The summed E-state index contributed by atoms with van der Waals surface area (Å²) >= 11 is 0. The highest BCUT2D eigenvalue weighted by Crippen LogP contribution is 2.27. The summed E-state index contributed by atoms with van der Waals surface area (Å²) < 4.78 is 48.4. The molecule has 0 atom stereocenters. The SMILES string of the molecule is C=C(/C=C(C)\C=C/C)OC1CCC(Nc2ccc(CC(F)(F)F)cc2)CC1.C=O.C=O.CCCN(CCC)C(=O)OC(C)(C)C. The Morgan fingerprint density at radius 2 is 1.49 bits per heavy atom. The Kier molecular flexibility index (Phi) is 23.0. The standard InChI is InChI=1S/C22H28F3NO.C11H23NO2.2CH2O/c1-4-5-16(2)14-17(3)27-21-12-10-20(11-13-21)26-19-8-6-18(7-9-19)15-22(23,24)25;1-6-8-12(9-7-2)10(13)14-11(3,4)5;2*1-2/h4-9,14,20-21,26H,3,10-13,15H2,1-2H3;6-9H2,1-5H3;2*1H2/b5-4-,16-14-;;;. The van der Waals surface area contributed by atoms with E-state index in [-0.39, 0.29) is 17.8 Å². The summed E-state index contributed by atoms with van der Waals surface area (Å²) in [6, 6.07) is 6.83. The van der Waals surface area contributed by atoms with Gasteiger partial charge in [0.2, 0.25) is 0 Å². The average molecular weight is 641 g/mol. The molecule has 7 nitrogen and oxygen atoms in total. The zero-order valence-electron chi connectivity index (χ0n) is 28.3. The Morgan fingerprint density at radius 3 is 1.91 bits per heavy atom. The van der Waals surface area contributed by atoms with E-state index in [1.54, 1.807) is 17.0 Å². The smallest absolute Gasteiger partial charge is 0.410 e. The van der Waals surface area contributed by atoms with Crippen LogP contribution < -0.4 is 5.32 Å². The van der Waals surface area contributed by atoms with Crippen LogP contribution in [0.3, 0.4) is 0 Å². The van der Waals surface area contributed by atoms with Crippen LogP contribution in [-0.4, -0.2) is 61.6 Å². The molecule has 0 aromatic heterocycles. The van der Waals surface area contributed by atoms with E-state index in [1.165, 1.54) is 12.1 Å². The molecular formula is C35H55F3N2O5. The zero-order valence-corrected chi connectivity index (χ0v) is 28.3. The second-order valence-corrected chi connectivity index (χ2v) is 11.5. The number of carbonyl (C=O) groups excluding carboxylic acids is 3. The molecule has 0 radical (unpaired) electrons. The van der Waals surface area contributed by atoms with Gasteiger partial charge in [-0.05, 0) is 102 Å². The fourth-order valence-corrected chi connectivity index (χ4v) is 4.48. The van der Waals surface area contributed by atoms with Crippen LogP contribution in [0, 0.1) is 0 Å². The van der Waals surface area contributed by atoms with Crippen LogP contribution >= 0.6 is 0 Å². The van der Waals surface area contributed by atoms with Crippen LogP contribution in [0.5, 0.6) is 0 Å². The highest BCUT2D eigenvalue weighted by atomic mass is 19.4. The van der Waals surface area contributed by atoms with E-state index in [4.69, 9.17) is 19.1 Å². The van der Waals surface area contributed by atoms with E-state index in [9.17, 15) is 18.0 Å². The molecule has 0 unspecified atom stereocenters. The van der Waals surface area contributed by atoms with Crippen LogP contribution in [0.25, 0.3) is 0 Å². The lowest BCUT2D eigenvalue weighted by Crippen LogP contribution is -2.37. The molecule has 1 aromatic carbocycles. The quantitative estimate of drug-likeness (QED) is 0.192. The normalized spacial score (nSPS) is 16.4. The number of hydrogen-bond donors (Lipinski definition) is 1. The maximum absolute atomic E-state index is 12.4. The molecule has 256 valence electrons. The first-order valence-electron chi connectivity index (χ1n) is 15.3. The van der Waals surface area contributed by atoms with Crippen molar-refractivity contribution in [2.45, 2.75) is 117 Å². The topological polar surface area (TPSA) is 84.9 Å². The van der Waals surface area contributed by atoms with E-state index in [2.05, 4.69) is 25.7 Å². The number of alkyl halides is 3. The number of ether oxygens (including phenoxy) is 2. The van der Waals surface area contributed by atoms with Crippen molar-refractivity contribution >= 4 is 25.4 Å². The first-order chi connectivity index (χ1) is 21.2. The minimum Gasteiger partial charge on any atom is -0.491 e. The first kappa shape index (κ1) is 43.6. The summed E-state index contributed by atoms with van der Waals surface area (Å²) in [6.45, 7) is 23.3. The summed E-state index contributed by atoms with van der Waals surface area (Å²) in [5.74, 6) is 0.683. The second-order valence-electron chi connectivity index (χ2n) is 11.5. The fourth-order valence-electron chi connectivity index (χ4n) is 4.48. The number of carbonyl (C=O) groups is 3. The average Bonchev–Trinajstić information content (AvgIpc) is 2.96. The lowest BCUT2D eigenvalue weighted by atomic mass is 9.92. The van der Waals surface area contributed by atoms with E-state index < -0.39 is 18.2 Å². The summed E-state index contributed by atoms with van der Waals surface area (Å²) in [5, 5.41) is 3.41. The third-order valence-corrected chi connectivity index (χ3v) is 6.18. The molecule has 0 saturated heterocycles. The first-order valence-corrected chi connectivity index (χ1v) is 15.3. The van der Waals surface area contributed by atoms with Gasteiger partial charge in [-0.25, -0.2) is 4.79 Å². The van der Waals surface area contributed by atoms with Crippen molar-refractivity contribution in [3.8, 4) is 0 Å². The molecular weight excluding hydrogens is 585 g/mol. The van der Waals surface area contributed by atoms with E-state index >= 15 is 0 Å². The van der Waals surface area contributed by atoms with Gasteiger partial charge in [0.1, 0.15) is 24.9 Å². The van der Waals surface area contributed by atoms with Crippen molar-refractivity contribution in [1.29, 1.82) is 0 Å². The lowest BCUT2D eigenvalue weighted by molar-refractivity contribution is -0.127. The molecule has 1 amide bonds.